The van der Waals surface area contributed by atoms with Crippen LogP contribution in [0.3, 0.4) is 0 Å². The Balaban J connectivity index is 1.43. The number of benzene rings is 2. The second-order valence-electron chi connectivity index (χ2n) is 6.24. The van der Waals surface area contributed by atoms with Crippen molar-refractivity contribution in [2.75, 3.05) is 11.1 Å². The van der Waals surface area contributed by atoms with Gasteiger partial charge in [-0.25, -0.2) is 18.4 Å². The molecule has 0 atom stereocenters. The molecule has 138 valence electrons. The van der Waals surface area contributed by atoms with Crippen LogP contribution < -0.4 is 5.32 Å². The lowest BCUT2D eigenvalue weighted by Crippen LogP contribution is -2.14. The van der Waals surface area contributed by atoms with E-state index in [0.29, 0.717) is 11.1 Å². The van der Waals surface area contributed by atoms with Gasteiger partial charge in [0, 0.05) is 17.7 Å². The highest BCUT2D eigenvalue weighted by molar-refractivity contribution is 7.99. The Bertz CT molecular complexity index is 973. The van der Waals surface area contributed by atoms with Crippen LogP contribution in [0.5, 0.6) is 0 Å². The summed E-state index contributed by atoms with van der Waals surface area (Å²) in [5, 5.41) is 7.58. The second kappa shape index (κ2) is 7.48. The Kier molecular flexibility index (Phi) is 4.89. The first kappa shape index (κ1) is 17.7. The maximum atomic E-state index is 13.2. The fourth-order valence-electron chi connectivity index (χ4n) is 2.63. The number of carbonyl (C=O) groups is 1. The van der Waals surface area contributed by atoms with E-state index >= 15 is 0 Å². The van der Waals surface area contributed by atoms with Gasteiger partial charge >= 0.3 is 0 Å². The van der Waals surface area contributed by atoms with Gasteiger partial charge in [-0.05, 0) is 37.1 Å². The predicted molar refractivity (Wildman–Crippen MR) is 99.0 cm³/mol. The molecule has 1 heterocycles. The summed E-state index contributed by atoms with van der Waals surface area (Å²) in [6.07, 6.45) is 2.18. The van der Waals surface area contributed by atoms with E-state index in [0.717, 1.165) is 36.5 Å². The molecule has 1 aromatic heterocycles. The number of halogens is 2. The van der Waals surface area contributed by atoms with Gasteiger partial charge in [0.05, 0.1) is 11.4 Å². The molecule has 1 amide bonds. The van der Waals surface area contributed by atoms with Gasteiger partial charge in [0.25, 0.3) is 0 Å². The zero-order valence-electron chi connectivity index (χ0n) is 14.2. The zero-order chi connectivity index (χ0) is 18.8. The minimum absolute atomic E-state index is 0.0713. The van der Waals surface area contributed by atoms with Gasteiger partial charge in [-0.3, -0.25) is 4.79 Å². The van der Waals surface area contributed by atoms with Crippen molar-refractivity contribution in [2.45, 2.75) is 23.9 Å². The summed E-state index contributed by atoms with van der Waals surface area (Å²) in [4.78, 5) is 16.7. The highest BCUT2D eigenvalue weighted by Crippen LogP contribution is 2.40. The molecule has 0 bridgehead atoms. The van der Waals surface area contributed by atoms with Crippen LogP contribution in [0, 0.1) is 11.6 Å². The first-order valence-electron chi connectivity index (χ1n) is 8.50. The van der Waals surface area contributed by atoms with Crippen molar-refractivity contribution < 1.29 is 13.6 Å². The third kappa shape index (κ3) is 4.16. The van der Waals surface area contributed by atoms with Gasteiger partial charge in [-0.1, -0.05) is 30.0 Å². The topological polar surface area (TPSA) is 59.8 Å². The van der Waals surface area contributed by atoms with E-state index < -0.39 is 11.6 Å². The SMILES string of the molecule is O=C(CSc1nc(C2CC2)n(-c2ccccc2)n1)Nc1ccc(F)c(F)c1. The molecule has 0 saturated heterocycles. The largest absolute Gasteiger partial charge is 0.325 e. The number of carbonyl (C=O) groups excluding carboxylic acids is 1. The average molecular weight is 386 g/mol. The van der Waals surface area contributed by atoms with Gasteiger partial charge in [-0.15, -0.1) is 5.10 Å². The number of aromatic nitrogens is 3. The Morgan fingerprint density at radius 3 is 2.63 bits per heavy atom. The molecule has 0 spiro atoms. The summed E-state index contributed by atoms with van der Waals surface area (Å²) >= 11 is 1.21. The Hall–Kier alpha value is -2.74. The Morgan fingerprint density at radius 2 is 1.93 bits per heavy atom. The lowest BCUT2D eigenvalue weighted by molar-refractivity contribution is -0.113. The van der Waals surface area contributed by atoms with Crippen molar-refractivity contribution in [1.82, 2.24) is 14.8 Å². The molecule has 4 rings (SSSR count). The normalized spacial score (nSPS) is 13.6. The van der Waals surface area contributed by atoms with E-state index in [1.807, 2.05) is 35.0 Å². The van der Waals surface area contributed by atoms with Crippen LogP contribution in [0.4, 0.5) is 14.5 Å². The van der Waals surface area contributed by atoms with Crippen molar-refractivity contribution in [3.8, 4) is 5.69 Å². The van der Waals surface area contributed by atoms with Crippen LogP contribution >= 0.6 is 11.8 Å². The van der Waals surface area contributed by atoms with Crippen molar-refractivity contribution in [3.63, 3.8) is 0 Å². The van der Waals surface area contributed by atoms with E-state index in [-0.39, 0.29) is 17.3 Å². The first-order chi connectivity index (χ1) is 13.1. The van der Waals surface area contributed by atoms with Gasteiger partial charge in [-0.2, -0.15) is 0 Å². The summed E-state index contributed by atoms with van der Waals surface area (Å²) in [6, 6.07) is 13.0. The second-order valence-corrected chi connectivity index (χ2v) is 7.18. The molecule has 2 aromatic carbocycles. The third-order valence-electron chi connectivity index (χ3n) is 4.09. The van der Waals surface area contributed by atoms with Crippen molar-refractivity contribution in [1.29, 1.82) is 0 Å². The first-order valence-corrected chi connectivity index (χ1v) is 9.49. The van der Waals surface area contributed by atoms with E-state index in [9.17, 15) is 13.6 Å². The van der Waals surface area contributed by atoms with Crippen LogP contribution in [0.2, 0.25) is 0 Å². The highest BCUT2D eigenvalue weighted by atomic mass is 32.2. The fraction of sp³-hybridized carbons (Fsp3) is 0.211. The maximum absolute atomic E-state index is 13.2. The predicted octanol–water partition coefficient (Wildman–Crippen LogP) is 4.15. The molecule has 0 radical (unpaired) electrons. The van der Waals surface area contributed by atoms with Gasteiger partial charge in [0.1, 0.15) is 5.82 Å². The van der Waals surface area contributed by atoms with Gasteiger partial charge in [0.15, 0.2) is 11.6 Å². The molecule has 5 nitrogen and oxygen atoms in total. The summed E-state index contributed by atoms with van der Waals surface area (Å²) in [6.45, 7) is 0. The molecule has 0 aliphatic heterocycles. The van der Waals surface area contributed by atoms with Crippen LogP contribution in [-0.2, 0) is 4.79 Å². The number of nitrogens with zero attached hydrogens (tertiary/aromatic N) is 3. The number of rotatable bonds is 6. The minimum Gasteiger partial charge on any atom is -0.325 e. The molecule has 0 unspecified atom stereocenters. The molecule has 8 heteroatoms. The number of nitrogens with one attached hydrogen (secondary N) is 1. The standard InChI is InChI=1S/C19H16F2N4OS/c20-15-9-8-13(10-16(15)21)22-17(26)11-27-19-23-18(12-6-7-12)25(24-19)14-4-2-1-3-5-14/h1-5,8-10,12H,6-7,11H2,(H,22,26). The molecule has 1 N–H and O–H groups in total. The van der Waals surface area contributed by atoms with Gasteiger partial charge < -0.3 is 5.32 Å². The maximum Gasteiger partial charge on any atom is 0.234 e. The molecule has 1 aliphatic carbocycles. The van der Waals surface area contributed by atoms with Crippen molar-refractivity contribution >= 4 is 23.4 Å². The smallest absolute Gasteiger partial charge is 0.234 e. The lowest BCUT2D eigenvalue weighted by atomic mass is 10.3. The van der Waals surface area contributed by atoms with Crippen LogP contribution in [0.25, 0.3) is 5.69 Å². The molecule has 1 fully saturated rings. The van der Waals surface area contributed by atoms with Crippen molar-refractivity contribution in [3.05, 3.63) is 66.0 Å². The Labute approximate surface area is 158 Å². The number of thioether (sulfide) groups is 1. The third-order valence-corrected chi connectivity index (χ3v) is 4.93. The molecule has 27 heavy (non-hydrogen) atoms. The summed E-state index contributed by atoms with van der Waals surface area (Å²) < 4.78 is 28.0. The van der Waals surface area contributed by atoms with Crippen LogP contribution in [0.15, 0.2) is 53.7 Å². The lowest BCUT2D eigenvalue weighted by Gasteiger charge is -2.04. The summed E-state index contributed by atoms with van der Waals surface area (Å²) in [5.41, 5.74) is 1.14. The average Bonchev–Trinajstić information content (AvgIpc) is 3.43. The summed E-state index contributed by atoms with van der Waals surface area (Å²) in [7, 11) is 0. The summed E-state index contributed by atoms with van der Waals surface area (Å²) in [5.74, 6) is -0.909. The Morgan fingerprint density at radius 1 is 1.15 bits per heavy atom. The molecular weight excluding hydrogens is 370 g/mol. The fourth-order valence-corrected chi connectivity index (χ4v) is 3.26. The number of hydrogen-bond donors (Lipinski definition) is 1. The van der Waals surface area contributed by atoms with Crippen molar-refractivity contribution in [2.24, 2.45) is 0 Å². The van der Waals surface area contributed by atoms with Crippen LogP contribution in [-0.4, -0.2) is 26.4 Å². The van der Waals surface area contributed by atoms with E-state index in [2.05, 4.69) is 15.4 Å². The van der Waals surface area contributed by atoms with E-state index in [1.165, 1.54) is 17.8 Å². The number of hydrogen-bond acceptors (Lipinski definition) is 4. The number of amides is 1. The van der Waals surface area contributed by atoms with E-state index in [4.69, 9.17) is 0 Å². The number of para-hydroxylation sites is 1. The molecule has 1 aliphatic rings. The van der Waals surface area contributed by atoms with Crippen LogP contribution in [0.1, 0.15) is 24.6 Å². The molecular formula is C19H16F2N4OS. The van der Waals surface area contributed by atoms with E-state index in [1.54, 1.807) is 0 Å². The molecule has 3 aromatic rings. The zero-order valence-corrected chi connectivity index (χ0v) is 15.0. The van der Waals surface area contributed by atoms with Gasteiger partial charge in [0.2, 0.25) is 11.1 Å². The highest BCUT2D eigenvalue weighted by Gasteiger charge is 2.30. The number of anilines is 1. The minimum atomic E-state index is -1.00. The molecule has 1 saturated carbocycles. The quantitative estimate of drug-likeness (QED) is 0.647. The monoisotopic (exact) mass is 386 g/mol.